The molecule has 0 spiro atoms. The van der Waals surface area contributed by atoms with E-state index >= 15 is 0 Å². The van der Waals surface area contributed by atoms with Crippen LogP contribution in [0.3, 0.4) is 0 Å². The van der Waals surface area contributed by atoms with E-state index in [4.69, 9.17) is 4.18 Å². The Morgan fingerprint density at radius 2 is 1.94 bits per heavy atom. The van der Waals surface area contributed by atoms with Crippen LogP contribution in [-0.2, 0) is 39.9 Å². The Bertz CT molecular complexity index is 1330. The zero-order valence-corrected chi connectivity index (χ0v) is 21.6. The predicted octanol–water partition coefficient (Wildman–Crippen LogP) is 4.57. The van der Waals surface area contributed by atoms with Crippen LogP contribution < -0.4 is 5.32 Å². The van der Waals surface area contributed by atoms with Gasteiger partial charge >= 0.3 is 0 Å². The fourth-order valence-electron chi connectivity index (χ4n) is 4.71. The average Bonchev–Trinajstić information content (AvgIpc) is 3.61. The first-order valence-corrected chi connectivity index (χ1v) is 13.8. The third-order valence-electron chi connectivity index (χ3n) is 6.79. The van der Waals surface area contributed by atoms with E-state index in [0.29, 0.717) is 17.0 Å². The van der Waals surface area contributed by atoms with Crippen LogP contribution in [0.1, 0.15) is 60.3 Å². The van der Waals surface area contributed by atoms with E-state index in [9.17, 15) is 13.2 Å². The number of nitrogens with one attached hydrogen (secondary N) is 1. The summed E-state index contributed by atoms with van der Waals surface area (Å²) in [6.45, 7) is 4.06. The van der Waals surface area contributed by atoms with Gasteiger partial charge in [-0.3, -0.25) is 14.0 Å². The van der Waals surface area contributed by atoms with Crippen molar-refractivity contribution in [2.24, 2.45) is 13.0 Å². The van der Waals surface area contributed by atoms with Crippen LogP contribution in [-0.4, -0.2) is 30.1 Å². The fourth-order valence-corrected chi connectivity index (χ4v) is 5.06. The van der Waals surface area contributed by atoms with Gasteiger partial charge in [-0.15, -0.1) is 0 Å². The van der Waals surface area contributed by atoms with E-state index < -0.39 is 15.7 Å². The first kappa shape index (κ1) is 25.1. The van der Waals surface area contributed by atoms with Gasteiger partial charge in [-0.2, -0.15) is 8.42 Å². The standard InChI is InChI=1S/C27H33N3O4S/c1-5-19-11-12-28-25(16-19)27(6-2,23-9-10-23)29-26(31)22-15-20(18-34-35(4,32)33)14-21(17-22)24-8-7-13-30(24)3/h7-8,11-17,23H,5-6,9-10,18H2,1-4H3,(H,29,31). The van der Waals surface area contributed by atoms with Crippen molar-refractivity contribution in [1.29, 1.82) is 0 Å². The normalized spacial score (nSPS) is 15.5. The maximum Gasteiger partial charge on any atom is 0.264 e. The van der Waals surface area contributed by atoms with Gasteiger partial charge in [0.1, 0.15) is 0 Å². The zero-order valence-electron chi connectivity index (χ0n) is 20.7. The first-order chi connectivity index (χ1) is 16.6. The second kappa shape index (κ2) is 9.95. The lowest BCUT2D eigenvalue weighted by Crippen LogP contribution is -2.48. The molecule has 1 fully saturated rings. The Hall–Kier alpha value is -2.97. The van der Waals surface area contributed by atoms with Crippen molar-refractivity contribution in [2.75, 3.05) is 6.26 Å². The van der Waals surface area contributed by atoms with Crippen LogP contribution in [0.15, 0.2) is 54.9 Å². The van der Waals surface area contributed by atoms with Crippen LogP contribution >= 0.6 is 0 Å². The summed E-state index contributed by atoms with van der Waals surface area (Å²) in [5.74, 6) is 0.124. The number of amides is 1. The van der Waals surface area contributed by atoms with Gasteiger partial charge < -0.3 is 9.88 Å². The molecule has 1 N–H and O–H groups in total. The van der Waals surface area contributed by atoms with Crippen molar-refractivity contribution in [1.82, 2.24) is 14.9 Å². The summed E-state index contributed by atoms with van der Waals surface area (Å²) in [5, 5.41) is 3.35. The second-order valence-electron chi connectivity index (χ2n) is 9.35. The Labute approximate surface area is 207 Å². The minimum Gasteiger partial charge on any atom is -0.351 e. The Morgan fingerprint density at radius 3 is 2.54 bits per heavy atom. The third kappa shape index (κ3) is 5.65. The fraction of sp³-hybridized carbons (Fsp3) is 0.407. The molecule has 1 saturated carbocycles. The highest BCUT2D eigenvalue weighted by molar-refractivity contribution is 7.85. The van der Waals surface area contributed by atoms with E-state index in [1.807, 2.05) is 54.3 Å². The molecule has 0 radical (unpaired) electrons. The average molecular weight is 496 g/mol. The molecule has 1 aliphatic rings. The lowest BCUT2D eigenvalue weighted by molar-refractivity contribution is 0.0873. The number of carbonyl (C=O) groups is 1. The van der Waals surface area contributed by atoms with Crippen LogP contribution in [0.4, 0.5) is 0 Å². The molecule has 1 atom stereocenters. The summed E-state index contributed by atoms with van der Waals surface area (Å²) < 4.78 is 30.2. The molecule has 3 aromatic rings. The van der Waals surface area contributed by atoms with Gasteiger partial charge in [0.2, 0.25) is 0 Å². The zero-order chi connectivity index (χ0) is 25.2. The number of benzene rings is 1. The quantitative estimate of drug-likeness (QED) is 0.416. The maximum atomic E-state index is 13.7. The molecule has 35 heavy (non-hydrogen) atoms. The largest absolute Gasteiger partial charge is 0.351 e. The number of pyridine rings is 1. The summed E-state index contributed by atoms with van der Waals surface area (Å²) in [6, 6.07) is 13.4. The van der Waals surface area contributed by atoms with Crippen molar-refractivity contribution < 1.29 is 17.4 Å². The molecule has 1 aliphatic carbocycles. The Kier molecular flexibility index (Phi) is 7.15. The molecule has 0 saturated heterocycles. The molecule has 186 valence electrons. The summed E-state index contributed by atoms with van der Waals surface area (Å²) in [7, 11) is -1.70. The van der Waals surface area contributed by atoms with E-state index in [0.717, 1.165) is 48.9 Å². The molecule has 4 rings (SSSR count). The number of hydrogen-bond acceptors (Lipinski definition) is 5. The van der Waals surface area contributed by atoms with E-state index in [2.05, 4.69) is 30.2 Å². The molecule has 2 aromatic heterocycles. The third-order valence-corrected chi connectivity index (χ3v) is 7.34. The van der Waals surface area contributed by atoms with Crippen molar-refractivity contribution in [3.05, 3.63) is 77.2 Å². The van der Waals surface area contributed by atoms with Crippen LogP contribution in [0.5, 0.6) is 0 Å². The number of hydrogen-bond donors (Lipinski definition) is 1. The van der Waals surface area contributed by atoms with E-state index in [1.165, 1.54) is 5.56 Å². The first-order valence-electron chi connectivity index (χ1n) is 12.0. The van der Waals surface area contributed by atoms with Crippen LogP contribution in [0.2, 0.25) is 0 Å². The SMILES string of the molecule is CCc1ccnc(C(CC)(NC(=O)c2cc(COS(C)(=O)=O)cc(-c3cccn3C)c2)C2CC2)c1. The van der Waals surface area contributed by atoms with Crippen molar-refractivity contribution in [3.63, 3.8) is 0 Å². The van der Waals surface area contributed by atoms with Gasteiger partial charge in [-0.05, 0) is 90.8 Å². The molecular formula is C27H33N3O4S. The highest BCUT2D eigenvalue weighted by atomic mass is 32.2. The maximum absolute atomic E-state index is 13.7. The van der Waals surface area contributed by atoms with Crippen LogP contribution in [0, 0.1) is 5.92 Å². The van der Waals surface area contributed by atoms with Gasteiger partial charge in [0.15, 0.2) is 0 Å². The molecule has 1 amide bonds. The molecule has 1 aromatic carbocycles. The topological polar surface area (TPSA) is 90.3 Å². The van der Waals surface area contributed by atoms with Crippen molar-refractivity contribution in [3.8, 4) is 11.3 Å². The smallest absolute Gasteiger partial charge is 0.264 e. The molecule has 7 nitrogen and oxygen atoms in total. The summed E-state index contributed by atoms with van der Waals surface area (Å²) in [6.07, 6.45) is 8.48. The monoisotopic (exact) mass is 495 g/mol. The summed E-state index contributed by atoms with van der Waals surface area (Å²) in [4.78, 5) is 18.4. The molecule has 8 heteroatoms. The lowest BCUT2D eigenvalue weighted by atomic mass is 9.84. The van der Waals surface area contributed by atoms with Crippen LogP contribution in [0.25, 0.3) is 11.3 Å². The highest BCUT2D eigenvalue weighted by Crippen LogP contribution is 2.47. The predicted molar refractivity (Wildman–Crippen MR) is 136 cm³/mol. The Morgan fingerprint density at radius 1 is 1.17 bits per heavy atom. The molecule has 2 heterocycles. The number of nitrogens with zero attached hydrogens (tertiary/aromatic N) is 2. The van der Waals surface area contributed by atoms with Gasteiger partial charge in [0.05, 0.1) is 24.1 Å². The number of carbonyl (C=O) groups excluding carboxylic acids is 1. The van der Waals surface area contributed by atoms with Crippen molar-refractivity contribution >= 4 is 16.0 Å². The Balaban J connectivity index is 1.73. The molecular weight excluding hydrogens is 462 g/mol. The minimum absolute atomic E-state index is 0.140. The van der Waals surface area contributed by atoms with Gasteiger partial charge in [-0.25, -0.2) is 0 Å². The van der Waals surface area contributed by atoms with Crippen molar-refractivity contribution in [2.45, 2.75) is 51.7 Å². The second-order valence-corrected chi connectivity index (χ2v) is 11.0. The number of rotatable bonds is 10. The highest BCUT2D eigenvalue weighted by Gasteiger charge is 2.47. The van der Waals surface area contributed by atoms with Gasteiger partial charge in [-0.1, -0.05) is 13.8 Å². The lowest BCUT2D eigenvalue weighted by Gasteiger charge is -2.34. The minimum atomic E-state index is -3.62. The molecule has 0 bridgehead atoms. The molecule has 1 unspecified atom stereocenters. The number of aromatic nitrogens is 2. The number of aryl methyl sites for hydroxylation is 2. The van der Waals surface area contributed by atoms with E-state index in [-0.39, 0.29) is 12.5 Å². The van der Waals surface area contributed by atoms with Gasteiger partial charge in [0, 0.05) is 30.7 Å². The summed E-state index contributed by atoms with van der Waals surface area (Å²) in [5.41, 5.74) is 4.34. The molecule has 0 aliphatic heterocycles. The summed E-state index contributed by atoms with van der Waals surface area (Å²) >= 11 is 0. The van der Waals surface area contributed by atoms with Gasteiger partial charge in [0.25, 0.3) is 16.0 Å². The van der Waals surface area contributed by atoms with E-state index in [1.54, 1.807) is 6.07 Å².